The van der Waals surface area contributed by atoms with E-state index >= 15 is 0 Å². The molecule has 0 saturated carbocycles. The Hall–Kier alpha value is -2.80. The zero-order valence-corrected chi connectivity index (χ0v) is 14.3. The highest BCUT2D eigenvalue weighted by Gasteiger charge is 2.25. The van der Waals surface area contributed by atoms with E-state index in [1.807, 2.05) is 51.1 Å². The minimum Gasteiger partial charge on any atom is -0.489 e. The SMILES string of the molecule is CCC(C)(C)C(=O)Nc1cccc(OCc2cccc(C#N)c2)c1. The summed E-state index contributed by atoms with van der Waals surface area (Å²) in [6.07, 6.45) is 0.768. The van der Waals surface area contributed by atoms with Crippen LogP contribution >= 0.6 is 0 Å². The lowest BCUT2D eigenvalue weighted by Gasteiger charge is -2.21. The third-order valence-electron chi connectivity index (χ3n) is 4.05. The van der Waals surface area contributed by atoms with Crippen LogP contribution in [0.1, 0.15) is 38.3 Å². The van der Waals surface area contributed by atoms with Gasteiger partial charge < -0.3 is 10.1 Å². The van der Waals surface area contributed by atoms with E-state index in [1.54, 1.807) is 18.2 Å². The highest BCUT2D eigenvalue weighted by molar-refractivity contribution is 5.94. The Labute approximate surface area is 143 Å². The van der Waals surface area contributed by atoms with Crippen molar-refractivity contribution in [3.05, 3.63) is 59.7 Å². The second-order valence-electron chi connectivity index (χ2n) is 6.32. The van der Waals surface area contributed by atoms with Gasteiger partial charge in [-0.25, -0.2) is 0 Å². The molecule has 0 heterocycles. The van der Waals surface area contributed by atoms with Crippen LogP contribution in [0, 0.1) is 16.7 Å². The molecule has 2 rings (SSSR count). The Bertz CT molecular complexity index is 760. The molecule has 0 spiro atoms. The summed E-state index contributed by atoms with van der Waals surface area (Å²) in [4.78, 5) is 12.2. The predicted octanol–water partition coefficient (Wildman–Crippen LogP) is 4.51. The number of nitrogens with zero attached hydrogens (tertiary/aromatic N) is 1. The predicted molar refractivity (Wildman–Crippen MR) is 94.6 cm³/mol. The first kappa shape index (κ1) is 17.6. The summed E-state index contributed by atoms with van der Waals surface area (Å²) in [5.41, 5.74) is 1.84. The fraction of sp³-hybridized carbons (Fsp3) is 0.300. The monoisotopic (exact) mass is 322 g/mol. The minimum atomic E-state index is -0.408. The summed E-state index contributed by atoms with van der Waals surface area (Å²) in [6.45, 7) is 6.21. The van der Waals surface area contributed by atoms with E-state index in [4.69, 9.17) is 10.00 Å². The summed E-state index contributed by atoms with van der Waals surface area (Å²) in [5, 5.41) is 11.9. The van der Waals surface area contributed by atoms with Crippen LogP contribution in [0.15, 0.2) is 48.5 Å². The lowest BCUT2D eigenvalue weighted by Crippen LogP contribution is -2.29. The highest BCUT2D eigenvalue weighted by atomic mass is 16.5. The van der Waals surface area contributed by atoms with E-state index in [2.05, 4.69) is 11.4 Å². The van der Waals surface area contributed by atoms with Crippen molar-refractivity contribution in [1.82, 2.24) is 0 Å². The molecule has 4 nitrogen and oxygen atoms in total. The molecule has 0 unspecified atom stereocenters. The van der Waals surface area contributed by atoms with Crippen LogP contribution in [0.2, 0.25) is 0 Å². The number of carbonyl (C=O) groups is 1. The van der Waals surface area contributed by atoms with Crippen molar-refractivity contribution >= 4 is 11.6 Å². The van der Waals surface area contributed by atoms with Crippen LogP contribution in [0.25, 0.3) is 0 Å². The zero-order chi connectivity index (χ0) is 17.6. The second kappa shape index (κ2) is 7.65. The first-order valence-corrected chi connectivity index (χ1v) is 7.98. The van der Waals surface area contributed by atoms with Crippen molar-refractivity contribution in [1.29, 1.82) is 5.26 Å². The molecule has 124 valence electrons. The van der Waals surface area contributed by atoms with Crippen molar-refractivity contribution in [2.24, 2.45) is 5.41 Å². The average Bonchev–Trinajstić information content (AvgIpc) is 2.60. The normalized spacial score (nSPS) is 10.8. The van der Waals surface area contributed by atoms with Crippen molar-refractivity contribution in [2.45, 2.75) is 33.8 Å². The van der Waals surface area contributed by atoms with Crippen LogP contribution < -0.4 is 10.1 Å². The molecule has 2 aromatic carbocycles. The molecule has 0 aromatic heterocycles. The van der Waals surface area contributed by atoms with E-state index in [1.165, 1.54) is 0 Å². The van der Waals surface area contributed by atoms with Gasteiger partial charge in [-0.05, 0) is 36.2 Å². The van der Waals surface area contributed by atoms with Crippen LogP contribution in [-0.2, 0) is 11.4 Å². The van der Waals surface area contributed by atoms with Crippen LogP contribution in [0.3, 0.4) is 0 Å². The topological polar surface area (TPSA) is 62.1 Å². The number of nitriles is 1. The van der Waals surface area contributed by atoms with Crippen LogP contribution in [-0.4, -0.2) is 5.91 Å². The van der Waals surface area contributed by atoms with Gasteiger partial charge in [0.1, 0.15) is 12.4 Å². The maximum atomic E-state index is 12.2. The quantitative estimate of drug-likeness (QED) is 0.851. The van der Waals surface area contributed by atoms with E-state index in [0.29, 0.717) is 23.6 Å². The molecule has 0 aliphatic heterocycles. The summed E-state index contributed by atoms with van der Waals surface area (Å²) < 4.78 is 5.77. The summed E-state index contributed by atoms with van der Waals surface area (Å²) in [5.74, 6) is 0.660. The van der Waals surface area contributed by atoms with E-state index in [0.717, 1.165) is 12.0 Å². The Kier molecular flexibility index (Phi) is 5.59. The Morgan fingerprint density at radius 1 is 1.21 bits per heavy atom. The van der Waals surface area contributed by atoms with Gasteiger partial charge in [0.15, 0.2) is 0 Å². The fourth-order valence-corrected chi connectivity index (χ4v) is 2.02. The first-order chi connectivity index (χ1) is 11.4. The van der Waals surface area contributed by atoms with Gasteiger partial charge >= 0.3 is 0 Å². The number of nitrogens with one attached hydrogen (secondary N) is 1. The van der Waals surface area contributed by atoms with Gasteiger partial charge in [0.05, 0.1) is 11.6 Å². The third-order valence-corrected chi connectivity index (χ3v) is 4.05. The number of hydrogen-bond donors (Lipinski definition) is 1. The Morgan fingerprint density at radius 2 is 1.96 bits per heavy atom. The molecule has 24 heavy (non-hydrogen) atoms. The third kappa shape index (κ3) is 4.60. The lowest BCUT2D eigenvalue weighted by atomic mass is 9.89. The molecular formula is C20H22N2O2. The van der Waals surface area contributed by atoms with Gasteiger partial charge in [0.25, 0.3) is 0 Å². The maximum absolute atomic E-state index is 12.2. The molecule has 0 aliphatic rings. The summed E-state index contributed by atoms with van der Waals surface area (Å²) in [7, 11) is 0. The lowest BCUT2D eigenvalue weighted by molar-refractivity contribution is -0.124. The molecule has 0 bridgehead atoms. The molecular weight excluding hydrogens is 300 g/mol. The van der Waals surface area contributed by atoms with Gasteiger partial charge in [0.2, 0.25) is 5.91 Å². The fourth-order valence-electron chi connectivity index (χ4n) is 2.02. The van der Waals surface area contributed by atoms with Crippen molar-refractivity contribution in [3.8, 4) is 11.8 Å². The number of carbonyl (C=O) groups excluding carboxylic acids is 1. The van der Waals surface area contributed by atoms with Gasteiger partial charge in [0, 0.05) is 17.2 Å². The first-order valence-electron chi connectivity index (χ1n) is 7.98. The number of hydrogen-bond acceptors (Lipinski definition) is 3. The smallest absolute Gasteiger partial charge is 0.230 e. The van der Waals surface area contributed by atoms with Crippen molar-refractivity contribution < 1.29 is 9.53 Å². The maximum Gasteiger partial charge on any atom is 0.230 e. The van der Waals surface area contributed by atoms with E-state index < -0.39 is 5.41 Å². The zero-order valence-electron chi connectivity index (χ0n) is 14.3. The summed E-state index contributed by atoms with van der Waals surface area (Å²) in [6, 6.07) is 16.7. The van der Waals surface area contributed by atoms with Gasteiger partial charge in [-0.2, -0.15) is 5.26 Å². The Morgan fingerprint density at radius 3 is 2.67 bits per heavy atom. The van der Waals surface area contributed by atoms with Crippen molar-refractivity contribution in [2.75, 3.05) is 5.32 Å². The largest absolute Gasteiger partial charge is 0.489 e. The van der Waals surface area contributed by atoms with Crippen molar-refractivity contribution in [3.63, 3.8) is 0 Å². The van der Waals surface area contributed by atoms with Crippen LogP contribution in [0.4, 0.5) is 5.69 Å². The summed E-state index contributed by atoms with van der Waals surface area (Å²) >= 11 is 0. The molecule has 2 aromatic rings. The molecule has 1 amide bonds. The van der Waals surface area contributed by atoms with E-state index in [-0.39, 0.29) is 5.91 Å². The molecule has 4 heteroatoms. The molecule has 0 fully saturated rings. The number of rotatable bonds is 6. The van der Waals surface area contributed by atoms with Gasteiger partial charge in [-0.3, -0.25) is 4.79 Å². The standard InChI is InChI=1S/C20H22N2O2/c1-4-20(2,3)19(23)22-17-9-6-10-18(12-17)24-14-16-8-5-7-15(11-16)13-21/h5-12H,4,14H2,1-3H3,(H,22,23). The molecule has 0 saturated heterocycles. The van der Waals surface area contributed by atoms with E-state index in [9.17, 15) is 4.79 Å². The molecule has 0 radical (unpaired) electrons. The highest BCUT2D eigenvalue weighted by Crippen LogP contribution is 2.24. The van der Waals surface area contributed by atoms with Gasteiger partial charge in [-0.15, -0.1) is 0 Å². The van der Waals surface area contributed by atoms with Crippen LogP contribution in [0.5, 0.6) is 5.75 Å². The Balaban J connectivity index is 2.02. The molecule has 0 atom stereocenters. The average molecular weight is 322 g/mol. The number of anilines is 1. The molecule has 0 aliphatic carbocycles. The second-order valence-corrected chi connectivity index (χ2v) is 6.32. The van der Waals surface area contributed by atoms with Gasteiger partial charge in [-0.1, -0.05) is 39.0 Å². The number of amides is 1. The number of benzene rings is 2. The molecule has 1 N–H and O–H groups in total. The number of ether oxygens (including phenoxy) is 1. The minimum absolute atomic E-state index is 0.0103.